The van der Waals surface area contributed by atoms with Crippen molar-refractivity contribution >= 4 is 11.6 Å². The molecule has 4 nitrogen and oxygen atoms in total. The number of nitrogens with one attached hydrogen (secondary N) is 1. The second kappa shape index (κ2) is 6.87. The Balaban J connectivity index is 1.32. The summed E-state index contributed by atoms with van der Waals surface area (Å²) < 4.78 is 0. The molecular formula is C25H26N4. The Bertz CT molecular complexity index is 1030. The van der Waals surface area contributed by atoms with Gasteiger partial charge in [-0.1, -0.05) is 54.6 Å². The third kappa shape index (κ3) is 3.17. The zero-order valence-electron chi connectivity index (χ0n) is 16.6. The maximum absolute atomic E-state index is 5.04. The third-order valence-electron chi connectivity index (χ3n) is 6.66. The number of aromatic nitrogens is 2. The molecule has 2 bridgehead atoms. The molecule has 2 aromatic carbocycles. The van der Waals surface area contributed by atoms with E-state index in [0.717, 1.165) is 30.5 Å². The van der Waals surface area contributed by atoms with E-state index in [-0.39, 0.29) is 0 Å². The molecule has 4 heteroatoms. The minimum atomic E-state index is 0.445. The zero-order chi connectivity index (χ0) is 19.2. The van der Waals surface area contributed by atoms with Crippen LogP contribution < -0.4 is 10.2 Å². The number of fused-ring (bicyclic) bond motifs is 2. The Morgan fingerprint density at radius 3 is 2.41 bits per heavy atom. The Morgan fingerprint density at radius 2 is 1.59 bits per heavy atom. The molecule has 4 aliphatic rings. The summed E-state index contributed by atoms with van der Waals surface area (Å²) in [6.45, 7) is 1.86. The average molecular weight is 383 g/mol. The number of hydrogen-bond acceptors (Lipinski definition) is 4. The van der Waals surface area contributed by atoms with Crippen molar-refractivity contribution < 1.29 is 0 Å². The van der Waals surface area contributed by atoms with Gasteiger partial charge >= 0.3 is 0 Å². The molecule has 2 atom stereocenters. The fourth-order valence-electron chi connectivity index (χ4n) is 4.99. The van der Waals surface area contributed by atoms with Gasteiger partial charge in [-0.3, -0.25) is 0 Å². The minimum Gasteiger partial charge on any atom is -0.366 e. The molecule has 2 fully saturated rings. The van der Waals surface area contributed by atoms with Crippen molar-refractivity contribution in [3.8, 4) is 0 Å². The van der Waals surface area contributed by atoms with Crippen LogP contribution in [0.4, 0.5) is 11.6 Å². The molecule has 1 saturated heterocycles. The highest BCUT2D eigenvalue weighted by atomic mass is 15.2. The van der Waals surface area contributed by atoms with E-state index in [1.807, 2.05) is 0 Å². The number of hydrogen-bond donors (Lipinski definition) is 1. The van der Waals surface area contributed by atoms with Crippen molar-refractivity contribution in [1.29, 1.82) is 0 Å². The van der Waals surface area contributed by atoms with E-state index in [1.54, 1.807) is 5.56 Å². The fourth-order valence-corrected chi connectivity index (χ4v) is 4.99. The summed E-state index contributed by atoms with van der Waals surface area (Å²) in [5.74, 6) is 4.24. The summed E-state index contributed by atoms with van der Waals surface area (Å²) in [4.78, 5) is 12.4. The van der Waals surface area contributed by atoms with Gasteiger partial charge in [0, 0.05) is 31.0 Å². The first-order valence-electron chi connectivity index (χ1n) is 10.9. The summed E-state index contributed by atoms with van der Waals surface area (Å²) in [6.07, 6.45) is 4.95. The van der Waals surface area contributed by atoms with Crippen molar-refractivity contribution in [3.05, 3.63) is 83.2 Å². The van der Waals surface area contributed by atoms with E-state index < -0.39 is 0 Å². The normalized spacial score (nSPS) is 22.4. The minimum absolute atomic E-state index is 0.445. The molecule has 0 amide bonds. The van der Waals surface area contributed by atoms with Gasteiger partial charge in [0.25, 0.3) is 0 Å². The largest absolute Gasteiger partial charge is 0.366 e. The second-order valence-corrected chi connectivity index (χ2v) is 8.65. The number of anilines is 2. The summed E-state index contributed by atoms with van der Waals surface area (Å²) >= 11 is 0. The molecule has 1 aromatic heterocycles. The highest BCUT2D eigenvalue weighted by molar-refractivity contribution is 5.56. The van der Waals surface area contributed by atoms with Gasteiger partial charge in [-0.05, 0) is 42.4 Å². The van der Waals surface area contributed by atoms with Gasteiger partial charge in [0.2, 0.25) is 0 Å². The summed E-state index contributed by atoms with van der Waals surface area (Å²) in [5.41, 5.74) is 4.32. The van der Waals surface area contributed by atoms with Crippen LogP contribution in [0.3, 0.4) is 0 Å². The number of rotatable bonds is 5. The highest BCUT2D eigenvalue weighted by Gasteiger charge is 2.39. The Kier molecular flexibility index (Phi) is 4.03. The van der Waals surface area contributed by atoms with E-state index in [2.05, 4.69) is 70.9 Å². The van der Waals surface area contributed by atoms with Gasteiger partial charge in [-0.15, -0.1) is 0 Å². The van der Waals surface area contributed by atoms with Gasteiger partial charge in [-0.2, -0.15) is 0 Å². The number of nitrogens with zero attached hydrogens (tertiary/aromatic N) is 3. The third-order valence-corrected chi connectivity index (χ3v) is 6.66. The molecule has 3 aromatic rings. The first-order valence-corrected chi connectivity index (χ1v) is 10.9. The predicted octanol–water partition coefficient (Wildman–Crippen LogP) is 5.40. The van der Waals surface area contributed by atoms with Crippen LogP contribution in [0.2, 0.25) is 0 Å². The van der Waals surface area contributed by atoms with E-state index in [0.29, 0.717) is 17.9 Å². The van der Waals surface area contributed by atoms with E-state index in [4.69, 9.17) is 9.97 Å². The van der Waals surface area contributed by atoms with Crippen LogP contribution in [0.1, 0.15) is 66.1 Å². The molecule has 146 valence electrons. The molecule has 1 N–H and O–H groups in total. The van der Waals surface area contributed by atoms with E-state index in [1.165, 1.54) is 36.8 Å². The SMILES string of the molecule is c1ccc(CNc2cc(N3C[C@H]4CC[C@H]3c3ccccc34)nc(C3CC3)n2)cc1. The first kappa shape index (κ1) is 17.0. The van der Waals surface area contributed by atoms with Gasteiger partial charge in [-0.25, -0.2) is 9.97 Å². The van der Waals surface area contributed by atoms with Crippen LogP contribution >= 0.6 is 0 Å². The summed E-state index contributed by atoms with van der Waals surface area (Å²) in [7, 11) is 0. The lowest BCUT2D eigenvalue weighted by Gasteiger charge is -2.47. The van der Waals surface area contributed by atoms with Gasteiger partial charge < -0.3 is 10.2 Å². The van der Waals surface area contributed by atoms with Gasteiger partial charge in [0.05, 0.1) is 6.04 Å². The summed E-state index contributed by atoms with van der Waals surface area (Å²) in [6, 6.07) is 22.1. The molecular weight excluding hydrogens is 356 g/mol. The first-order chi connectivity index (χ1) is 14.3. The molecule has 0 radical (unpaired) electrons. The molecule has 2 aliphatic heterocycles. The summed E-state index contributed by atoms with van der Waals surface area (Å²) in [5, 5.41) is 3.55. The molecule has 0 unspecified atom stereocenters. The van der Waals surface area contributed by atoms with Crippen molar-refractivity contribution in [1.82, 2.24) is 9.97 Å². The van der Waals surface area contributed by atoms with Gasteiger partial charge in [0.1, 0.15) is 17.5 Å². The number of piperidine rings is 1. The Morgan fingerprint density at radius 1 is 0.828 bits per heavy atom. The smallest absolute Gasteiger partial charge is 0.136 e. The lowest BCUT2D eigenvalue weighted by molar-refractivity contribution is 0.387. The van der Waals surface area contributed by atoms with E-state index >= 15 is 0 Å². The molecule has 29 heavy (non-hydrogen) atoms. The molecule has 3 heterocycles. The quantitative estimate of drug-likeness (QED) is 0.641. The Labute approximate surface area is 172 Å². The highest BCUT2D eigenvalue weighted by Crippen LogP contribution is 2.48. The molecule has 2 aliphatic carbocycles. The topological polar surface area (TPSA) is 41.0 Å². The Hall–Kier alpha value is -2.88. The van der Waals surface area contributed by atoms with Crippen molar-refractivity contribution in [3.63, 3.8) is 0 Å². The van der Waals surface area contributed by atoms with Gasteiger partial charge in [0.15, 0.2) is 0 Å². The second-order valence-electron chi connectivity index (χ2n) is 8.65. The average Bonchev–Trinajstić information content (AvgIpc) is 3.64. The predicted molar refractivity (Wildman–Crippen MR) is 116 cm³/mol. The standard InChI is InChI=1S/C25H26N4/c1-2-6-17(7-3-1)15-26-23-14-24(28-25(27-23)18-10-11-18)29-16-19-12-13-22(29)21-9-5-4-8-20(19)21/h1-9,14,18-19,22H,10-13,15-16H2,(H,26,27,28)/t19-,22+/m1/s1. The van der Waals surface area contributed by atoms with Crippen LogP contribution in [-0.4, -0.2) is 16.5 Å². The van der Waals surface area contributed by atoms with Crippen LogP contribution in [-0.2, 0) is 6.54 Å². The van der Waals surface area contributed by atoms with Crippen LogP contribution in [0.5, 0.6) is 0 Å². The molecule has 1 saturated carbocycles. The van der Waals surface area contributed by atoms with Crippen LogP contribution in [0, 0.1) is 0 Å². The lowest BCUT2D eigenvalue weighted by Crippen LogP contribution is -2.43. The maximum atomic E-state index is 5.04. The van der Waals surface area contributed by atoms with Crippen molar-refractivity contribution in [2.24, 2.45) is 0 Å². The van der Waals surface area contributed by atoms with Crippen LogP contribution in [0.25, 0.3) is 0 Å². The number of benzene rings is 2. The maximum Gasteiger partial charge on any atom is 0.136 e. The molecule has 0 spiro atoms. The van der Waals surface area contributed by atoms with Crippen molar-refractivity contribution in [2.75, 3.05) is 16.8 Å². The van der Waals surface area contributed by atoms with Crippen LogP contribution in [0.15, 0.2) is 60.7 Å². The monoisotopic (exact) mass is 382 g/mol. The zero-order valence-corrected chi connectivity index (χ0v) is 16.6. The van der Waals surface area contributed by atoms with Crippen molar-refractivity contribution in [2.45, 2.75) is 50.1 Å². The fraction of sp³-hybridized carbons (Fsp3) is 0.360. The molecule has 7 rings (SSSR count). The van der Waals surface area contributed by atoms with E-state index in [9.17, 15) is 0 Å². The lowest BCUT2D eigenvalue weighted by atomic mass is 9.75.